The molecule has 3 unspecified atom stereocenters. The predicted molar refractivity (Wildman–Crippen MR) is 155 cm³/mol. The first-order chi connectivity index (χ1) is 18.2. The van der Waals surface area contributed by atoms with E-state index in [1.165, 1.54) is 0 Å². The molecule has 8 heteroatoms. The lowest BCUT2D eigenvalue weighted by atomic mass is 9.89. The Balaban J connectivity index is 2.59. The van der Waals surface area contributed by atoms with Gasteiger partial charge in [-0.1, -0.05) is 57.5 Å². The van der Waals surface area contributed by atoms with Crippen molar-refractivity contribution in [3.8, 4) is 5.75 Å². The fourth-order valence-corrected chi connectivity index (χ4v) is 4.15. The number of hydrogen-bond donors (Lipinski definition) is 2. The van der Waals surface area contributed by atoms with Gasteiger partial charge in [-0.3, -0.25) is 9.59 Å². The minimum Gasteiger partial charge on any atom is -0.497 e. The molecule has 3 amide bonds. The van der Waals surface area contributed by atoms with Crippen molar-refractivity contribution < 1.29 is 23.9 Å². The first kappa shape index (κ1) is 31.7. The van der Waals surface area contributed by atoms with Crippen molar-refractivity contribution in [1.29, 1.82) is 0 Å². The van der Waals surface area contributed by atoms with Crippen LogP contribution < -0.4 is 15.4 Å². The first-order valence-electron chi connectivity index (χ1n) is 13.6. The molecular formula is C31H45N3O5. The van der Waals surface area contributed by atoms with Crippen molar-refractivity contribution in [2.75, 3.05) is 12.4 Å². The van der Waals surface area contributed by atoms with Crippen LogP contribution in [0.3, 0.4) is 0 Å². The van der Waals surface area contributed by atoms with Gasteiger partial charge in [0.1, 0.15) is 23.4 Å². The molecule has 8 nitrogen and oxygen atoms in total. The smallest absolute Gasteiger partial charge is 0.408 e. The maximum Gasteiger partial charge on any atom is 0.408 e. The van der Waals surface area contributed by atoms with Gasteiger partial charge in [0.2, 0.25) is 5.91 Å². The summed E-state index contributed by atoms with van der Waals surface area (Å²) in [5.74, 6) is -0.246. The largest absolute Gasteiger partial charge is 0.497 e. The summed E-state index contributed by atoms with van der Waals surface area (Å²) in [6, 6.07) is 14.4. The SMILES string of the molecule is CCC(C)C(NC(=O)OC(C)(C)C)C(=O)N(C(C(=O)Nc1ccc(OC)cc1)c1ccccc1)C(C)(C)CC. The maximum atomic E-state index is 14.5. The Labute approximate surface area is 233 Å². The highest BCUT2D eigenvalue weighted by atomic mass is 16.6. The molecule has 0 aromatic heterocycles. The molecule has 2 aromatic rings. The molecule has 214 valence electrons. The Morgan fingerprint density at radius 1 is 0.923 bits per heavy atom. The summed E-state index contributed by atoms with van der Waals surface area (Å²) in [6.07, 6.45) is 0.549. The van der Waals surface area contributed by atoms with Crippen LogP contribution in [0.2, 0.25) is 0 Å². The van der Waals surface area contributed by atoms with Crippen LogP contribution in [0.15, 0.2) is 54.6 Å². The van der Waals surface area contributed by atoms with Gasteiger partial charge >= 0.3 is 6.09 Å². The summed E-state index contributed by atoms with van der Waals surface area (Å²) in [5.41, 5.74) is -0.205. The molecule has 0 spiro atoms. The first-order valence-corrected chi connectivity index (χ1v) is 13.6. The monoisotopic (exact) mass is 539 g/mol. The van der Waals surface area contributed by atoms with Gasteiger partial charge < -0.3 is 25.0 Å². The van der Waals surface area contributed by atoms with Gasteiger partial charge in [0.25, 0.3) is 5.91 Å². The van der Waals surface area contributed by atoms with E-state index in [-0.39, 0.29) is 17.7 Å². The second kappa shape index (κ2) is 13.5. The highest BCUT2D eigenvalue weighted by Gasteiger charge is 2.44. The summed E-state index contributed by atoms with van der Waals surface area (Å²) in [7, 11) is 1.58. The lowest BCUT2D eigenvalue weighted by Gasteiger charge is -2.45. The number of methoxy groups -OCH3 is 1. The Kier molecular flexibility index (Phi) is 11.0. The van der Waals surface area contributed by atoms with Crippen LogP contribution in [0, 0.1) is 5.92 Å². The van der Waals surface area contributed by atoms with Gasteiger partial charge in [-0.05, 0) is 76.8 Å². The van der Waals surface area contributed by atoms with E-state index in [4.69, 9.17) is 9.47 Å². The normalized spacial score (nSPS) is 14.0. The van der Waals surface area contributed by atoms with Gasteiger partial charge in [0.15, 0.2) is 0 Å². The van der Waals surface area contributed by atoms with Crippen molar-refractivity contribution in [2.45, 2.75) is 91.5 Å². The van der Waals surface area contributed by atoms with Crippen molar-refractivity contribution in [1.82, 2.24) is 10.2 Å². The average Bonchev–Trinajstić information content (AvgIpc) is 2.89. The quantitative estimate of drug-likeness (QED) is 0.348. The van der Waals surface area contributed by atoms with E-state index in [0.29, 0.717) is 29.8 Å². The number of nitrogens with zero attached hydrogens (tertiary/aromatic N) is 1. The van der Waals surface area contributed by atoms with Crippen LogP contribution in [-0.4, -0.2) is 47.1 Å². The molecule has 0 aliphatic rings. The van der Waals surface area contributed by atoms with E-state index in [1.807, 2.05) is 65.0 Å². The molecule has 2 aromatic carbocycles. The molecule has 0 aliphatic carbocycles. The number of rotatable bonds is 11. The zero-order valence-electron chi connectivity index (χ0n) is 24.8. The molecule has 0 bridgehead atoms. The molecule has 0 saturated heterocycles. The van der Waals surface area contributed by atoms with E-state index in [9.17, 15) is 14.4 Å². The molecular weight excluding hydrogens is 494 g/mol. The second-order valence-corrected chi connectivity index (χ2v) is 11.4. The summed E-state index contributed by atoms with van der Waals surface area (Å²) in [4.78, 5) is 42.9. The van der Waals surface area contributed by atoms with Gasteiger partial charge in [-0.25, -0.2) is 4.79 Å². The number of alkyl carbamates (subject to hydrolysis) is 1. The molecule has 0 saturated carbocycles. The number of nitrogens with one attached hydrogen (secondary N) is 2. The second-order valence-electron chi connectivity index (χ2n) is 11.4. The number of carbonyl (C=O) groups is 3. The topological polar surface area (TPSA) is 97.0 Å². The fourth-order valence-electron chi connectivity index (χ4n) is 4.15. The standard InChI is InChI=1S/C31H45N3O5/c1-10-21(3)25(33-29(37)39-30(4,5)6)28(36)34(31(7,8)11-2)26(22-15-13-12-14-16-22)27(35)32-23-17-19-24(38-9)20-18-23/h12-21,25-26H,10-11H2,1-9H3,(H,32,35)(H,33,37). The van der Waals surface area contributed by atoms with Crippen LogP contribution in [0.4, 0.5) is 10.5 Å². The predicted octanol–water partition coefficient (Wildman–Crippen LogP) is 6.33. The highest BCUT2D eigenvalue weighted by Crippen LogP contribution is 2.34. The third kappa shape index (κ3) is 8.73. The van der Waals surface area contributed by atoms with Gasteiger partial charge in [-0.15, -0.1) is 0 Å². The summed E-state index contributed by atoms with van der Waals surface area (Å²) in [6.45, 7) is 15.0. The Bertz CT molecular complexity index is 1090. The molecule has 0 fully saturated rings. The van der Waals surface area contributed by atoms with Crippen molar-refractivity contribution in [3.63, 3.8) is 0 Å². The van der Waals surface area contributed by atoms with Crippen LogP contribution >= 0.6 is 0 Å². The molecule has 0 heterocycles. The number of benzene rings is 2. The molecule has 2 N–H and O–H groups in total. The van der Waals surface area contributed by atoms with Crippen molar-refractivity contribution in [3.05, 3.63) is 60.2 Å². The third-order valence-corrected chi connectivity index (χ3v) is 6.89. The fraction of sp³-hybridized carbons (Fsp3) is 0.516. The number of hydrogen-bond acceptors (Lipinski definition) is 5. The van der Waals surface area contributed by atoms with Crippen LogP contribution in [-0.2, 0) is 14.3 Å². The Morgan fingerprint density at radius 2 is 1.51 bits per heavy atom. The minimum absolute atomic E-state index is 0.207. The van der Waals surface area contributed by atoms with Crippen LogP contribution in [0.1, 0.15) is 79.8 Å². The van der Waals surface area contributed by atoms with E-state index >= 15 is 0 Å². The maximum absolute atomic E-state index is 14.5. The van der Waals surface area contributed by atoms with Gasteiger partial charge in [-0.2, -0.15) is 0 Å². The molecule has 0 radical (unpaired) electrons. The van der Waals surface area contributed by atoms with E-state index < -0.39 is 29.3 Å². The van der Waals surface area contributed by atoms with Crippen LogP contribution in [0.5, 0.6) is 5.75 Å². The van der Waals surface area contributed by atoms with Crippen molar-refractivity contribution >= 4 is 23.6 Å². The van der Waals surface area contributed by atoms with Gasteiger partial charge in [0, 0.05) is 11.2 Å². The molecule has 3 atom stereocenters. The molecule has 2 rings (SSSR count). The lowest BCUT2D eigenvalue weighted by molar-refractivity contribution is -0.148. The van der Waals surface area contributed by atoms with E-state index in [0.717, 1.165) is 0 Å². The summed E-state index contributed by atoms with van der Waals surface area (Å²) < 4.78 is 10.7. The van der Waals surface area contributed by atoms with Gasteiger partial charge in [0.05, 0.1) is 7.11 Å². The lowest BCUT2D eigenvalue weighted by Crippen LogP contribution is -2.60. The zero-order chi connectivity index (χ0) is 29.4. The van der Waals surface area contributed by atoms with E-state index in [2.05, 4.69) is 10.6 Å². The number of ether oxygens (including phenoxy) is 2. The molecule has 39 heavy (non-hydrogen) atoms. The number of carbonyl (C=O) groups excluding carboxylic acids is 3. The average molecular weight is 540 g/mol. The van der Waals surface area contributed by atoms with E-state index in [1.54, 1.807) is 57.0 Å². The zero-order valence-corrected chi connectivity index (χ0v) is 24.8. The number of amides is 3. The highest BCUT2D eigenvalue weighted by molar-refractivity contribution is 5.99. The summed E-state index contributed by atoms with van der Waals surface area (Å²) in [5, 5.41) is 5.79. The minimum atomic E-state index is -0.956. The van der Waals surface area contributed by atoms with Crippen LogP contribution in [0.25, 0.3) is 0 Å². The Morgan fingerprint density at radius 3 is 2.00 bits per heavy atom. The van der Waals surface area contributed by atoms with Crippen molar-refractivity contribution in [2.24, 2.45) is 5.92 Å². The molecule has 0 aliphatic heterocycles. The summed E-state index contributed by atoms with van der Waals surface area (Å²) >= 11 is 0. The third-order valence-electron chi connectivity index (χ3n) is 6.89. The number of anilines is 1. The Hall–Kier alpha value is -3.55.